The first-order valence-corrected chi connectivity index (χ1v) is 6.90. The highest BCUT2D eigenvalue weighted by Gasteiger charge is 2.15. The Morgan fingerprint density at radius 2 is 2.12 bits per heavy atom. The Morgan fingerprint density at radius 1 is 1.41 bits per heavy atom. The maximum absolute atomic E-state index is 5.88. The molecular weight excluding hydrogens is 302 g/mol. The molecule has 0 atom stereocenters. The standard InChI is InChI=1S/C13H19BrClNO/c1-13(2,8-15)9-16-7-10-4-5-12(17-3)11(14)6-10/h4-6,16H,7-9H2,1-3H3. The molecule has 0 radical (unpaired) electrons. The summed E-state index contributed by atoms with van der Waals surface area (Å²) in [6, 6.07) is 6.09. The lowest BCUT2D eigenvalue weighted by Gasteiger charge is -2.21. The van der Waals surface area contributed by atoms with Crippen LogP contribution in [0.25, 0.3) is 0 Å². The van der Waals surface area contributed by atoms with Crippen molar-refractivity contribution in [3.8, 4) is 5.75 Å². The quantitative estimate of drug-likeness (QED) is 0.805. The summed E-state index contributed by atoms with van der Waals surface area (Å²) in [6.07, 6.45) is 0. The van der Waals surface area contributed by atoms with Gasteiger partial charge < -0.3 is 10.1 Å². The second-order valence-electron chi connectivity index (χ2n) is 4.87. The van der Waals surface area contributed by atoms with E-state index in [2.05, 4.69) is 47.2 Å². The zero-order valence-corrected chi connectivity index (χ0v) is 12.9. The van der Waals surface area contributed by atoms with Crippen LogP contribution in [0.3, 0.4) is 0 Å². The normalized spacial score (nSPS) is 11.6. The van der Waals surface area contributed by atoms with E-state index in [1.165, 1.54) is 5.56 Å². The summed E-state index contributed by atoms with van der Waals surface area (Å²) in [4.78, 5) is 0. The predicted molar refractivity (Wildman–Crippen MR) is 76.9 cm³/mol. The average Bonchev–Trinajstić information content (AvgIpc) is 2.29. The zero-order valence-electron chi connectivity index (χ0n) is 10.5. The fourth-order valence-electron chi connectivity index (χ4n) is 1.41. The molecule has 0 fully saturated rings. The van der Waals surface area contributed by atoms with Gasteiger partial charge in [0.25, 0.3) is 0 Å². The van der Waals surface area contributed by atoms with Crippen molar-refractivity contribution in [1.82, 2.24) is 5.32 Å². The van der Waals surface area contributed by atoms with Gasteiger partial charge in [0.15, 0.2) is 0 Å². The number of benzene rings is 1. The summed E-state index contributed by atoms with van der Waals surface area (Å²) in [5.41, 5.74) is 1.36. The minimum Gasteiger partial charge on any atom is -0.496 e. The van der Waals surface area contributed by atoms with E-state index in [-0.39, 0.29) is 5.41 Å². The summed E-state index contributed by atoms with van der Waals surface area (Å²) in [6.45, 7) is 6.04. The van der Waals surface area contributed by atoms with Gasteiger partial charge in [0, 0.05) is 19.0 Å². The van der Waals surface area contributed by atoms with E-state index in [9.17, 15) is 0 Å². The fourth-order valence-corrected chi connectivity index (χ4v) is 2.09. The summed E-state index contributed by atoms with van der Waals surface area (Å²) >= 11 is 9.35. The van der Waals surface area contributed by atoms with E-state index in [0.29, 0.717) is 5.88 Å². The van der Waals surface area contributed by atoms with Crippen molar-refractivity contribution < 1.29 is 4.74 Å². The van der Waals surface area contributed by atoms with E-state index in [1.54, 1.807) is 7.11 Å². The molecule has 1 aromatic carbocycles. The van der Waals surface area contributed by atoms with Crippen molar-refractivity contribution in [3.63, 3.8) is 0 Å². The molecule has 0 unspecified atom stereocenters. The van der Waals surface area contributed by atoms with Crippen LogP contribution in [0.1, 0.15) is 19.4 Å². The molecule has 0 amide bonds. The molecule has 1 N–H and O–H groups in total. The molecule has 0 aliphatic carbocycles. The zero-order chi connectivity index (χ0) is 12.9. The third-order valence-electron chi connectivity index (χ3n) is 2.51. The molecule has 0 spiro atoms. The fraction of sp³-hybridized carbons (Fsp3) is 0.538. The first-order chi connectivity index (χ1) is 7.98. The van der Waals surface area contributed by atoms with E-state index >= 15 is 0 Å². The Kier molecular flexibility index (Phi) is 5.77. The van der Waals surface area contributed by atoms with Gasteiger partial charge in [-0.2, -0.15) is 0 Å². The molecule has 0 aliphatic rings. The molecule has 0 aliphatic heterocycles. The van der Waals surface area contributed by atoms with Crippen LogP contribution in [0.2, 0.25) is 0 Å². The van der Waals surface area contributed by atoms with E-state index in [0.717, 1.165) is 23.3 Å². The smallest absolute Gasteiger partial charge is 0.133 e. The van der Waals surface area contributed by atoms with Crippen LogP contribution in [0, 0.1) is 5.41 Å². The number of rotatable bonds is 6. The number of hydrogen-bond donors (Lipinski definition) is 1. The molecule has 0 heterocycles. The van der Waals surface area contributed by atoms with Gasteiger partial charge in [-0.1, -0.05) is 19.9 Å². The summed E-state index contributed by atoms with van der Waals surface area (Å²) < 4.78 is 6.17. The lowest BCUT2D eigenvalue weighted by Crippen LogP contribution is -2.30. The number of halogens is 2. The Balaban J connectivity index is 2.50. The molecule has 96 valence electrons. The SMILES string of the molecule is COc1ccc(CNCC(C)(C)CCl)cc1Br. The Hall–Kier alpha value is -0.250. The highest BCUT2D eigenvalue weighted by molar-refractivity contribution is 9.10. The third-order valence-corrected chi connectivity index (χ3v) is 3.85. The van der Waals surface area contributed by atoms with E-state index in [1.807, 2.05) is 6.07 Å². The molecule has 0 aromatic heterocycles. The van der Waals surface area contributed by atoms with Gasteiger partial charge in [0.2, 0.25) is 0 Å². The maximum atomic E-state index is 5.88. The topological polar surface area (TPSA) is 21.3 Å². The first kappa shape index (κ1) is 14.8. The van der Waals surface area contributed by atoms with Crippen LogP contribution < -0.4 is 10.1 Å². The minimum absolute atomic E-state index is 0.130. The minimum atomic E-state index is 0.130. The van der Waals surface area contributed by atoms with Crippen molar-refractivity contribution in [1.29, 1.82) is 0 Å². The Bertz CT molecular complexity index is 368. The Labute approximate surface area is 117 Å². The van der Waals surface area contributed by atoms with Gasteiger partial charge in [-0.05, 0) is 39.0 Å². The number of hydrogen-bond acceptors (Lipinski definition) is 2. The van der Waals surface area contributed by atoms with Crippen molar-refractivity contribution in [2.75, 3.05) is 19.5 Å². The molecular formula is C13H19BrClNO. The third kappa shape index (κ3) is 4.86. The number of nitrogens with one attached hydrogen (secondary N) is 1. The van der Waals surface area contributed by atoms with Gasteiger partial charge >= 0.3 is 0 Å². The summed E-state index contributed by atoms with van der Waals surface area (Å²) in [5, 5.41) is 3.41. The molecule has 17 heavy (non-hydrogen) atoms. The molecule has 0 saturated heterocycles. The van der Waals surface area contributed by atoms with Crippen LogP contribution in [-0.2, 0) is 6.54 Å². The van der Waals surface area contributed by atoms with Crippen molar-refractivity contribution in [2.24, 2.45) is 5.41 Å². The summed E-state index contributed by atoms with van der Waals surface area (Å²) in [7, 11) is 1.67. The van der Waals surface area contributed by atoms with Crippen molar-refractivity contribution >= 4 is 27.5 Å². The van der Waals surface area contributed by atoms with Crippen LogP contribution in [-0.4, -0.2) is 19.5 Å². The van der Waals surface area contributed by atoms with Crippen LogP contribution in [0.5, 0.6) is 5.75 Å². The first-order valence-electron chi connectivity index (χ1n) is 5.57. The van der Waals surface area contributed by atoms with Gasteiger partial charge in [-0.3, -0.25) is 0 Å². The lowest BCUT2D eigenvalue weighted by atomic mass is 9.96. The molecule has 1 aromatic rings. The van der Waals surface area contributed by atoms with Crippen LogP contribution in [0.15, 0.2) is 22.7 Å². The predicted octanol–water partition coefficient (Wildman–Crippen LogP) is 3.81. The lowest BCUT2D eigenvalue weighted by molar-refractivity contribution is 0.385. The van der Waals surface area contributed by atoms with Crippen LogP contribution in [0.4, 0.5) is 0 Å². The van der Waals surface area contributed by atoms with Gasteiger partial charge in [0.05, 0.1) is 11.6 Å². The molecule has 0 saturated carbocycles. The monoisotopic (exact) mass is 319 g/mol. The molecule has 0 bridgehead atoms. The van der Waals surface area contributed by atoms with Crippen molar-refractivity contribution in [2.45, 2.75) is 20.4 Å². The second kappa shape index (κ2) is 6.62. The largest absolute Gasteiger partial charge is 0.496 e. The highest BCUT2D eigenvalue weighted by Crippen LogP contribution is 2.25. The van der Waals surface area contributed by atoms with E-state index in [4.69, 9.17) is 16.3 Å². The van der Waals surface area contributed by atoms with Gasteiger partial charge in [-0.25, -0.2) is 0 Å². The second-order valence-corrected chi connectivity index (χ2v) is 5.99. The van der Waals surface area contributed by atoms with Gasteiger partial charge in [-0.15, -0.1) is 11.6 Å². The number of alkyl halides is 1. The van der Waals surface area contributed by atoms with E-state index < -0.39 is 0 Å². The van der Waals surface area contributed by atoms with Crippen molar-refractivity contribution in [3.05, 3.63) is 28.2 Å². The van der Waals surface area contributed by atoms with Gasteiger partial charge in [0.1, 0.15) is 5.75 Å². The number of methoxy groups -OCH3 is 1. The molecule has 1 rings (SSSR count). The Morgan fingerprint density at radius 3 is 2.65 bits per heavy atom. The maximum Gasteiger partial charge on any atom is 0.133 e. The highest BCUT2D eigenvalue weighted by atomic mass is 79.9. The number of ether oxygens (including phenoxy) is 1. The average molecular weight is 321 g/mol. The molecule has 4 heteroatoms. The molecule has 2 nitrogen and oxygen atoms in total. The summed E-state index contributed by atoms with van der Waals surface area (Å²) in [5.74, 6) is 1.52. The van der Waals surface area contributed by atoms with Crippen LogP contribution >= 0.6 is 27.5 Å².